The van der Waals surface area contributed by atoms with Crippen molar-refractivity contribution >= 4 is 51.6 Å². The smallest absolute Gasteiger partial charge is 0.191 e. The Morgan fingerprint density at radius 1 is 1.15 bits per heavy atom. The maximum atomic E-state index is 4.45. The van der Waals surface area contributed by atoms with Crippen molar-refractivity contribution in [2.75, 3.05) is 44.7 Å². The number of nitrogens with one attached hydrogen (secondary N) is 2. The lowest BCUT2D eigenvalue weighted by Crippen LogP contribution is -2.46. The van der Waals surface area contributed by atoms with E-state index in [1.165, 1.54) is 42.5 Å². The first-order valence-corrected chi connectivity index (χ1v) is 10.7. The Hall–Kier alpha value is -0.540. The van der Waals surface area contributed by atoms with Crippen LogP contribution in [0.4, 0.5) is 5.69 Å². The standard InChI is InChI=1S/C20H30BrN5.HI/c1-22-20(23-12-15-8-10-25(13-15)17-6-7-17)24-16-9-11-26(14-16)19-5-3-2-4-18(19)21;/h2-5,15-17H,6-14H2,1H3,(H2,22,23,24);1H. The van der Waals surface area contributed by atoms with Gasteiger partial charge in [-0.1, -0.05) is 12.1 Å². The van der Waals surface area contributed by atoms with Gasteiger partial charge in [0.1, 0.15) is 0 Å². The number of hydrogen-bond donors (Lipinski definition) is 2. The van der Waals surface area contributed by atoms with E-state index >= 15 is 0 Å². The molecule has 0 radical (unpaired) electrons. The monoisotopic (exact) mass is 547 g/mol. The van der Waals surface area contributed by atoms with E-state index in [-0.39, 0.29) is 24.0 Å². The first kappa shape index (κ1) is 21.2. The topological polar surface area (TPSA) is 42.9 Å². The molecule has 7 heteroatoms. The molecule has 5 nitrogen and oxygen atoms in total. The molecule has 27 heavy (non-hydrogen) atoms. The van der Waals surface area contributed by atoms with Crippen LogP contribution in [0.15, 0.2) is 33.7 Å². The maximum absolute atomic E-state index is 4.45. The van der Waals surface area contributed by atoms with Crippen LogP contribution in [-0.2, 0) is 0 Å². The van der Waals surface area contributed by atoms with Gasteiger partial charge in [-0.2, -0.15) is 0 Å². The molecule has 2 N–H and O–H groups in total. The zero-order valence-electron chi connectivity index (χ0n) is 16.0. The fraction of sp³-hybridized carbons (Fsp3) is 0.650. The summed E-state index contributed by atoms with van der Waals surface area (Å²) in [5.41, 5.74) is 1.28. The van der Waals surface area contributed by atoms with Crippen LogP contribution in [0.2, 0.25) is 0 Å². The molecule has 0 aromatic heterocycles. The van der Waals surface area contributed by atoms with Crippen LogP contribution in [0.1, 0.15) is 25.7 Å². The predicted molar refractivity (Wildman–Crippen MR) is 127 cm³/mol. The molecule has 0 bridgehead atoms. The fourth-order valence-corrected chi connectivity index (χ4v) is 4.77. The third-order valence-electron chi connectivity index (χ3n) is 5.88. The van der Waals surface area contributed by atoms with Gasteiger partial charge in [0.15, 0.2) is 5.96 Å². The van der Waals surface area contributed by atoms with Crippen molar-refractivity contribution in [2.45, 2.75) is 37.8 Å². The third kappa shape index (κ3) is 5.50. The van der Waals surface area contributed by atoms with Crippen LogP contribution in [-0.4, -0.2) is 62.7 Å². The average Bonchev–Trinajstić information content (AvgIpc) is 3.22. The van der Waals surface area contributed by atoms with E-state index in [4.69, 9.17) is 0 Å². The molecule has 0 amide bonds. The van der Waals surface area contributed by atoms with E-state index in [2.05, 4.69) is 65.6 Å². The molecular weight excluding hydrogens is 517 g/mol. The molecular formula is C20H31BrIN5. The average molecular weight is 548 g/mol. The summed E-state index contributed by atoms with van der Waals surface area (Å²) >= 11 is 3.67. The summed E-state index contributed by atoms with van der Waals surface area (Å²) in [6.45, 7) is 5.67. The van der Waals surface area contributed by atoms with Gasteiger partial charge in [0.05, 0.1) is 5.69 Å². The minimum atomic E-state index is 0. The first-order chi connectivity index (χ1) is 12.7. The number of rotatable bonds is 5. The molecule has 1 aromatic carbocycles. The summed E-state index contributed by atoms with van der Waals surface area (Å²) in [6.07, 6.45) is 5.29. The van der Waals surface area contributed by atoms with Crippen molar-refractivity contribution in [2.24, 2.45) is 10.9 Å². The highest BCUT2D eigenvalue weighted by Crippen LogP contribution is 2.31. The zero-order valence-corrected chi connectivity index (χ0v) is 19.9. The van der Waals surface area contributed by atoms with Gasteiger partial charge < -0.3 is 20.4 Å². The van der Waals surface area contributed by atoms with E-state index in [0.717, 1.165) is 44.0 Å². The van der Waals surface area contributed by atoms with Crippen molar-refractivity contribution in [1.29, 1.82) is 0 Å². The van der Waals surface area contributed by atoms with Gasteiger partial charge in [0, 0.05) is 49.8 Å². The van der Waals surface area contributed by atoms with Gasteiger partial charge in [-0.25, -0.2) is 0 Å². The Morgan fingerprint density at radius 3 is 2.70 bits per heavy atom. The van der Waals surface area contributed by atoms with Crippen molar-refractivity contribution < 1.29 is 0 Å². The summed E-state index contributed by atoms with van der Waals surface area (Å²) in [5, 5.41) is 7.19. The molecule has 2 aliphatic heterocycles. The van der Waals surface area contributed by atoms with Crippen LogP contribution >= 0.6 is 39.9 Å². The second-order valence-corrected chi connectivity index (χ2v) is 8.72. The van der Waals surface area contributed by atoms with E-state index in [0.29, 0.717) is 6.04 Å². The van der Waals surface area contributed by atoms with Crippen molar-refractivity contribution in [3.05, 3.63) is 28.7 Å². The molecule has 2 unspecified atom stereocenters. The van der Waals surface area contributed by atoms with E-state index < -0.39 is 0 Å². The van der Waals surface area contributed by atoms with Crippen LogP contribution in [0.25, 0.3) is 0 Å². The highest BCUT2D eigenvalue weighted by Gasteiger charge is 2.34. The number of anilines is 1. The van der Waals surface area contributed by atoms with Gasteiger partial charge in [-0.15, -0.1) is 24.0 Å². The Kier molecular flexibility index (Phi) is 7.67. The maximum Gasteiger partial charge on any atom is 0.191 e. The number of nitrogens with zero attached hydrogens (tertiary/aromatic N) is 3. The minimum absolute atomic E-state index is 0. The second-order valence-electron chi connectivity index (χ2n) is 7.86. The normalized spacial score (nSPS) is 26.1. The molecule has 3 aliphatic rings. The number of para-hydroxylation sites is 1. The SMILES string of the molecule is CN=C(NCC1CCN(C2CC2)C1)NC1CCN(c2ccccc2Br)C1.I. The van der Waals surface area contributed by atoms with Crippen LogP contribution in [0.5, 0.6) is 0 Å². The highest BCUT2D eigenvalue weighted by molar-refractivity contribution is 14.0. The lowest BCUT2D eigenvalue weighted by atomic mass is 10.1. The van der Waals surface area contributed by atoms with E-state index in [1.807, 2.05) is 7.05 Å². The largest absolute Gasteiger partial charge is 0.368 e. The summed E-state index contributed by atoms with van der Waals surface area (Å²) in [7, 11) is 1.88. The summed E-state index contributed by atoms with van der Waals surface area (Å²) in [5.74, 6) is 1.71. The lowest BCUT2D eigenvalue weighted by molar-refractivity contribution is 0.314. The van der Waals surface area contributed by atoms with Gasteiger partial charge >= 0.3 is 0 Å². The fourth-order valence-electron chi connectivity index (χ4n) is 4.23. The first-order valence-electron chi connectivity index (χ1n) is 9.93. The van der Waals surface area contributed by atoms with Gasteiger partial charge in [-0.05, 0) is 66.2 Å². The van der Waals surface area contributed by atoms with Gasteiger partial charge in [-0.3, -0.25) is 4.99 Å². The molecule has 2 heterocycles. The molecule has 1 saturated carbocycles. The van der Waals surface area contributed by atoms with Gasteiger partial charge in [0.25, 0.3) is 0 Å². The van der Waals surface area contributed by atoms with Crippen LogP contribution < -0.4 is 15.5 Å². The number of likely N-dealkylation sites (tertiary alicyclic amines) is 1. The Balaban J connectivity index is 0.00000210. The Bertz CT molecular complexity index is 651. The summed E-state index contributed by atoms with van der Waals surface area (Å²) in [4.78, 5) is 9.57. The van der Waals surface area contributed by atoms with Crippen molar-refractivity contribution in [1.82, 2.24) is 15.5 Å². The minimum Gasteiger partial charge on any atom is -0.368 e. The number of hydrogen-bond acceptors (Lipinski definition) is 3. The van der Waals surface area contributed by atoms with Crippen LogP contribution in [0.3, 0.4) is 0 Å². The lowest BCUT2D eigenvalue weighted by Gasteiger charge is -2.22. The van der Waals surface area contributed by atoms with Gasteiger partial charge in [0.2, 0.25) is 0 Å². The molecule has 0 spiro atoms. The summed E-state index contributed by atoms with van der Waals surface area (Å²) in [6, 6.07) is 9.82. The molecule has 3 fully saturated rings. The molecule has 2 saturated heterocycles. The Morgan fingerprint density at radius 2 is 1.96 bits per heavy atom. The van der Waals surface area contributed by atoms with E-state index in [9.17, 15) is 0 Å². The zero-order chi connectivity index (χ0) is 17.9. The summed E-state index contributed by atoms with van der Waals surface area (Å²) < 4.78 is 1.17. The molecule has 2 atom stereocenters. The molecule has 4 rings (SSSR count). The highest BCUT2D eigenvalue weighted by atomic mass is 127. The number of aliphatic imine (C=N–C) groups is 1. The molecule has 150 valence electrons. The van der Waals surface area contributed by atoms with E-state index in [1.54, 1.807) is 0 Å². The van der Waals surface area contributed by atoms with Crippen LogP contribution in [0, 0.1) is 5.92 Å². The molecule has 1 aliphatic carbocycles. The van der Waals surface area contributed by atoms with Crippen molar-refractivity contribution in [3.8, 4) is 0 Å². The van der Waals surface area contributed by atoms with Crippen molar-refractivity contribution in [3.63, 3.8) is 0 Å². The third-order valence-corrected chi connectivity index (χ3v) is 6.56. The number of benzene rings is 1. The number of halogens is 2. The Labute approximate surface area is 188 Å². The quantitative estimate of drug-likeness (QED) is 0.337. The second kappa shape index (κ2) is 9.78. The predicted octanol–water partition coefficient (Wildman–Crippen LogP) is 3.30. The molecule has 1 aromatic rings. The number of guanidine groups is 1.